The molecular formula is C22H29N3O5S. The first kappa shape index (κ1) is 24.2. The summed E-state index contributed by atoms with van der Waals surface area (Å²) in [7, 11) is -2.19. The normalized spacial score (nSPS) is 12.4. The summed E-state index contributed by atoms with van der Waals surface area (Å²) in [6.45, 7) is 4.27. The number of methoxy groups -OCH3 is 1. The van der Waals surface area contributed by atoms with Crippen LogP contribution < -0.4 is 19.2 Å². The zero-order valence-electron chi connectivity index (χ0n) is 18.2. The molecule has 0 unspecified atom stereocenters. The van der Waals surface area contributed by atoms with Crippen LogP contribution in [0.5, 0.6) is 11.5 Å². The molecule has 1 N–H and O–H groups in total. The lowest BCUT2D eigenvalue weighted by atomic mass is 10.2. The monoisotopic (exact) mass is 447 g/mol. The number of carbonyl (C=O) groups excluding carboxylic acids is 1. The Morgan fingerprint density at radius 2 is 1.74 bits per heavy atom. The van der Waals surface area contributed by atoms with Crippen molar-refractivity contribution in [2.75, 3.05) is 24.3 Å². The minimum absolute atomic E-state index is 0.355. The Balaban J connectivity index is 2.03. The van der Waals surface area contributed by atoms with E-state index in [0.717, 1.165) is 34.7 Å². The average Bonchev–Trinajstić information content (AvgIpc) is 2.74. The molecule has 0 bridgehead atoms. The molecule has 9 heteroatoms. The Labute approximate surface area is 183 Å². The Morgan fingerprint density at radius 3 is 2.29 bits per heavy atom. The molecule has 0 saturated carbocycles. The maximum atomic E-state index is 12.5. The van der Waals surface area contributed by atoms with Crippen LogP contribution >= 0.6 is 0 Å². The number of hydrogen-bond donors (Lipinski definition) is 1. The van der Waals surface area contributed by atoms with Crippen molar-refractivity contribution in [3.63, 3.8) is 0 Å². The second-order valence-electron chi connectivity index (χ2n) is 6.94. The van der Waals surface area contributed by atoms with Gasteiger partial charge in [0.1, 0.15) is 17.5 Å². The van der Waals surface area contributed by atoms with Crippen LogP contribution in [-0.2, 0) is 14.8 Å². The molecular weight excluding hydrogens is 418 g/mol. The van der Waals surface area contributed by atoms with E-state index in [0.29, 0.717) is 18.0 Å². The van der Waals surface area contributed by atoms with Gasteiger partial charge in [0.25, 0.3) is 5.91 Å². The highest BCUT2D eigenvalue weighted by molar-refractivity contribution is 7.92. The summed E-state index contributed by atoms with van der Waals surface area (Å²) in [5, 5.41) is 3.95. The quantitative estimate of drug-likeness (QED) is 0.324. The largest absolute Gasteiger partial charge is 0.497 e. The van der Waals surface area contributed by atoms with Crippen LogP contribution in [0.1, 0.15) is 32.3 Å². The van der Waals surface area contributed by atoms with Gasteiger partial charge in [0.05, 0.1) is 31.9 Å². The van der Waals surface area contributed by atoms with Gasteiger partial charge < -0.3 is 9.47 Å². The zero-order chi connectivity index (χ0) is 22.9. The Morgan fingerprint density at radius 1 is 1.13 bits per heavy atom. The number of ether oxygens (including phenoxy) is 2. The van der Waals surface area contributed by atoms with Gasteiger partial charge in [0.2, 0.25) is 10.0 Å². The molecule has 2 aromatic rings. The first-order chi connectivity index (χ1) is 14.8. The van der Waals surface area contributed by atoms with Gasteiger partial charge in [-0.2, -0.15) is 5.10 Å². The van der Waals surface area contributed by atoms with Crippen molar-refractivity contribution in [1.29, 1.82) is 0 Å². The lowest BCUT2D eigenvalue weighted by Gasteiger charge is -2.27. The lowest BCUT2D eigenvalue weighted by molar-refractivity contribution is -0.121. The van der Waals surface area contributed by atoms with Crippen LogP contribution in [0.3, 0.4) is 0 Å². The minimum atomic E-state index is -3.71. The minimum Gasteiger partial charge on any atom is -0.497 e. The van der Waals surface area contributed by atoms with E-state index in [4.69, 9.17) is 9.47 Å². The van der Waals surface area contributed by atoms with Gasteiger partial charge >= 0.3 is 0 Å². The molecule has 1 amide bonds. The third kappa shape index (κ3) is 7.29. The molecule has 0 spiro atoms. The second-order valence-corrected chi connectivity index (χ2v) is 8.80. The molecule has 0 aliphatic carbocycles. The van der Waals surface area contributed by atoms with Crippen molar-refractivity contribution in [3.05, 3.63) is 54.1 Å². The number of amides is 1. The molecule has 2 aromatic carbocycles. The first-order valence-corrected chi connectivity index (χ1v) is 11.8. The number of unbranched alkanes of at least 4 members (excludes halogenated alkanes) is 1. The standard InChI is InChI=1S/C22H29N3O5S/c1-5-6-15-30-21-11-7-18(8-12-21)16-23-24-22(26)17(2)25(31(4,27)28)19-9-13-20(29-3)14-10-19/h7-14,16-17H,5-6,15H2,1-4H3,(H,24,26)/t17-/m0/s1. The highest BCUT2D eigenvalue weighted by atomic mass is 32.2. The van der Waals surface area contributed by atoms with E-state index >= 15 is 0 Å². The highest BCUT2D eigenvalue weighted by Crippen LogP contribution is 2.23. The molecule has 1 atom stereocenters. The molecule has 0 aliphatic rings. The number of anilines is 1. The van der Waals surface area contributed by atoms with Gasteiger partial charge in [-0.1, -0.05) is 13.3 Å². The predicted molar refractivity (Wildman–Crippen MR) is 122 cm³/mol. The molecule has 8 nitrogen and oxygen atoms in total. The van der Waals surface area contributed by atoms with Crippen LogP contribution in [0, 0.1) is 0 Å². The smallest absolute Gasteiger partial charge is 0.263 e. The van der Waals surface area contributed by atoms with Gasteiger partial charge in [0.15, 0.2) is 0 Å². The number of nitrogens with one attached hydrogen (secondary N) is 1. The van der Waals surface area contributed by atoms with Gasteiger partial charge in [0, 0.05) is 0 Å². The fraction of sp³-hybridized carbons (Fsp3) is 0.364. The van der Waals surface area contributed by atoms with Crippen LogP contribution in [0.2, 0.25) is 0 Å². The van der Waals surface area contributed by atoms with Crippen LogP contribution in [0.25, 0.3) is 0 Å². The summed E-state index contributed by atoms with van der Waals surface area (Å²) in [6, 6.07) is 12.7. The van der Waals surface area contributed by atoms with E-state index < -0.39 is 22.0 Å². The lowest BCUT2D eigenvalue weighted by Crippen LogP contribution is -2.46. The summed E-state index contributed by atoms with van der Waals surface area (Å²) in [4.78, 5) is 12.5. The molecule has 31 heavy (non-hydrogen) atoms. The van der Waals surface area contributed by atoms with Crippen molar-refractivity contribution in [2.45, 2.75) is 32.7 Å². The van der Waals surface area contributed by atoms with Crippen LogP contribution in [-0.4, -0.2) is 46.6 Å². The van der Waals surface area contributed by atoms with Crippen molar-refractivity contribution in [2.24, 2.45) is 5.10 Å². The number of carbonyl (C=O) groups is 1. The molecule has 0 fully saturated rings. The van der Waals surface area contributed by atoms with Gasteiger partial charge in [-0.15, -0.1) is 0 Å². The predicted octanol–water partition coefficient (Wildman–Crippen LogP) is 3.18. The number of hydrogen-bond acceptors (Lipinski definition) is 6. The van der Waals surface area contributed by atoms with Gasteiger partial charge in [-0.3, -0.25) is 9.10 Å². The number of nitrogens with zero attached hydrogens (tertiary/aromatic N) is 2. The number of rotatable bonds is 11. The second kappa shape index (κ2) is 11.4. The van der Waals surface area contributed by atoms with Crippen molar-refractivity contribution in [3.8, 4) is 11.5 Å². The third-order valence-electron chi connectivity index (χ3n) is 4.45. The van der Waals surface area contributed by atoms with E-state index in [1.165, 1.54) is 20.2 Å². The van der Waals surface area contributed by atoms with E-state index in [1.54, 1.807) is 24.3 Å². The topological polar surface area (TPSA) is 97.3 Å². The van der Waals surface area contributed by atoms with Crippen molar-refractivity contribution < 1.29 is 22.7 Å². The zero-order valence-corrected chi connectivity index (χ0v) is 19.1. The number of sulfonamides is 1. The summed E-state index contributed by atoms with van der Waals surface area (Å²) in [6.07, 6.45) is 4.60. The molecule has 0 aromatic heterocycles. The highest BCUT2D eigenvalue weighted by Gasteiger charge is 2.29. The van der Waals surface area contributed by atoms with Gasteiger partial charge in [-0.05, 0) is 67.4 Å². The van der Waals surface area contributed by atoms with Crippen molar-refractivity contribution >= 4 is 27.8 Å². The van der Waals surface area contributed by atoms with E-state index in [9.17, 15) is 13.2 Å². The fourth-order valence-electron chi connectivity index (χ4n) is 2.79. The SMILES string of the molecule is CCCCOc1ccc(C=NNC(=O)[C@H](C)N(c2ccc(OC)cc2)S(C)(=O)=O)cc1. The molecule has 2 rings (SSSR count). The summed E-state index contributed by atoms with van der Waals surface area (Å²) < 4.78 is 36.4. The van der Waals surface area contributed by atoms with E-state index in [1.807, 2.05) is 24.3 Å². The van der Waals surface area contributed by atoms with Crippen LogP contribution in [0.15, 0.2) is 53.6 Å². The Hall–Kier alpha value is -3.07. The molecule has 168 valence electrons. The summed E-state index contributed by atoms with van der Waals surface area (Å²) >= 11 is 0. The summed E-state index contributed by atoms with van der Waals surface area (Å²) in [5.41, 5.74) is 3.53. The van der Waals surface area contributed by atoms with E-state index in [2.05, 4.69) is 17.5 Å². The average molecular weight is 448 g/mol. The molecule has 0 aliphatic heterocycles. The molecule has 0 heterocycles. The summed E-state index contributed by atoms with van der Waals surface area (Å²) in [5.74, 6) is 0.796. The van der Waals surface area contributed by atoms with Gasteiger partial charge in [-0.25, -0.2) is 13.8 Å². The maximum absolute atomic E-state index is 12.5. The fourth-order valence-corrected chi connectivity index (χ4v) is 3.96. The number of hydrazone groups is 1. The first-order valence-electron chi connectivity index (χ1n) is 9.95. The maximum Gasteiger partial charge on any atom is 0.263 e. The van der Waals surface area contributed by atoms with E-state index in [-0.39, 0.29) is 0 Å². The third-order valence-corrected chi connectivity index (χ3v) is 5.69. The Kier molecular flexibility index (Phi) is 8.87. The molecule has 0 radical (unpaired) electrons. The van der Waals surface area contributed by atoms with Crippen molar-refractivity contribution in [1.82, 2.24) is 5.43 Å². The number of benzene rings is 2. The Bertz CT molecular complexity index is 973. The molecule has 0 saturated heterocycles. The van der Waals surface area contributed by atoms with Crippen LogP contribution in [0.4, 0.5) is 5.69 Å².